The number of hydrogen-bond acceptors (Lipinski definition) is 0. The zero-order valence-corrected chi connectivity index (χ0v) is 24.2. The third-order valence-corrected chi connectivity index (χ3v) is 8.80. The molecule has 1 saturated heterocycles. The van der Waals surface area contributed by atoms with Crippen molar-refractivity contribution in [2.75, 3.05) is 0 Å². The Morgan fingerprint density at radius 1 is 0.373 bits per heavy atom. The predicted octanol–water partition coefficient (Wildman–Crippen LogP) is 7.75. The molecule has 5 rings (SSSR count). The van der Waals surface area contributed by atoms with Gasteiger partial charge in [0.25, 0.3) is 0 Å². The van der Waals surface area contributed by atoms with Gasteiger partial charge in [0.05, 0.1) is 0 Å². The van der Waals surface area contributed by atoms with Gasteiger partial charge in [-0.3, -0.25) is 0 Å². The van der Waals surface area contributed by atoms with E-state index in [1.807, 2.05) is 0 Å². The predicted molar refractivity (Wildman–Crippen MR) is 136 cm³/mol. The Kier molecular flexibility index (Phi) is 9.64. The summed E-state index contributed by atoms with van der Waals surface area (Å²) in [5.41, 5.74) is -12.7. The van der Waals surface area contributed by atoms with Crippen molar-refractivity contribution < 1.29 is 87.8 Å². The van der Waals surface area contributed by atoms with Crippen molar-refractivity contribution >= 4 is 29.8 Å². The second kappa shape index (κ2) is 13.0. The van der Waals surface area contributed by atoms with E-state index in [0.29, 0.717) is 6.92 Å². The van der Waals surface area contributed by atoms with E-state index in [2.05, 4.69) is 0 Å². The van der Waals surface area contributed by atoms with Crippen molar-refractivity contribution in [2.24, 2.45) is 5.92 Å². The SMILES string of the molecule is C[C@@H]1C[C@@H](B(c2c(F)c(F)c(F)c(F)c2F)c2c(F)c(F)c(F)c(F)c2F)B(c2c(F)c(F)c(F)c(F)c2F)[C@H]1c1c(F)c(F)c(F)c(F)c1F. The van der Waals surface area contributed by atoms with Gasteiger partial charge >= 0.3 is 0 Å². The minimum atomic E-state index is -3.67. The molecule has 4 aromatic carbocycles. The molecular weight excluding hydrogens is 750 g/mol. The molecular formula is C29H8B2F20. The molecule has 51 heavy (non-hydrogen) atoms. The molecule has 0 bridgehead atoms. The number of halogens is 20. The van der Waals surface area contributed by atoms with E-state index in [-0.39, 0.29) is 0 Å². The Morgan fingerprint density at radius 2 is 0.627 bits per heavy atom. The minimum absolute atomic E-state index is 0.635. The molecule has 0 saturated carbocycles. The van der Waals surface area contributed by atoms with Gasteiger partial charge in [-0.15, -0.1) is 0 Å². The van der Waals surface area contributed by atoms with Crippen LogP contribution >= 0.6 is 0 Å². The first-order chi connectivity index (χ1) is 23.6. The van der Waals surface area contributed by atoms with Crippen molar-refractivity contribution in [1.29, 1.82) is 0 Å². The van der Waals surface area contributed by atoms with Crippen LogP contribution in [0.25, 0.3) is 0 Å². The number of rotatable bonds is 5. The van der Waals surface area contributed by atoms with Crippen LogP contribution in [-0.2, 0) is 0 Å². The fourth-order valence-corrected chi connectivity index (χ4v) is 6.74. The molecule has 1 heterocycles. The van der Waals surface area contributed by atoms with E-state index in [4.69, 9.17) is 0 Å². The molecule has 1 aliphatic rings. The summed E-state index contributed by atoms with van der Waals surface area (Å²) in [6.45, 7) is -6.32. The maximum atomic E-state index is 15.5. The Bertz CT molecular complexity index is 1970. The average Bonchev–Trinajstić information content (AvgIpc) is 3.42. The highest BCUT2D eigenvalue weighted by Crippen LogP contribution is 2.49. The highest BCUT2D eigenvalue weighted by Gasteiger charge is 2.57. The molecule has 0 N–H and O–H groups in total. The van der Waals surface area contributed by atoms with E-state index in [1.54, 1.807) is 0 Å². The molecule has 1 fully saturated rings. The summed E-state index contributed by atoms with van der Waals surface area (Å²) in [6, 6.07) is 0. The Hall–Kier alpha value is -4.39. The van der Waals surface area contributed by atoms with Gasteiger partial charge in [-0.1, -0.05) is 19.1 Å². The summed E-state index contributed by atoms with van der Waals surface area (Å²) < 4.78 is 295. The van der Waals surface area contributed by atoms with E-state index in [1.165, 1.54) is 0 Å². The molecule has 4 aromatic rings. The highest BCUT2D eigenvalue weighted by molar-refractivity contribution is 6.99. The monoisotopic (exact) mass is 758 g/mol. The van der Waals surface area contributed by atoms with Crippen molar-refractivity contribution in [3.63, 3.8) is 0 Å². The first-order valence-electron chi connectivity index (χ1n) is 13.7. The van der Waals surface area contributed by atoms with Crippen molar-refractivity contribution in [3.05, 3.63) is 122 Å². The lowest BCUT2D eigenvalue weighted by Gasteiger charge is -2.30. The number of benzene rings is 4. The summed E-state index contributed by atoms with van der Waals surface area (Å²) >= 11 is 0. The maximum Gasteiger partial charge on any atom is 0.221 e. The second-order valence-electron chi connectivity index (χ2n) is 11.3. The van der Waals surface area contributed by atoms with Crippen LogP contribution in [0, 0.1) is 122 Å². The summed E-state index contributed by atoms with van der Waals surface area (Å²) in [4.78, 5) is 0. The largest absolute Gasteiger partial charge is 0.221 e. The molecule has 0 aromatic heterocycles. The van der Waals surface area contributed by atoms with Crippen LogP contribution in [-0.4, -0.2) is 13.4 Å². The summed E-state index contributed by atoms with van der Waals surface area (Å²) in [5.74, 6) is -64.4. The third kappa shape index (κ3) is 5.33. The van der Waals surface area contributed by atoms with Crippen LogP contribution in [0.5, 0.6) is 0 Å². The fraction of sp³-hybridized carbons (Fsp3) is 0.172. The molecule has 0 spiro atoms. The van der Waals surface area contributed by atoms with Crippen molar-refractivity contribution in [1.82, 2.24) is 0 Å². The summed E-state index contributed by atoms with van der Waals surface area (Å²) in [5, 5.41) is 0. The lowest BCUT2D eigenvalue weighted by molar-refractivity contribution is 0.363. The highest BCUT2D eigenvalue weighted by atomic mass is 19.2. The van der Waals surface area contributed by atoms with Crippen LogP contribution in [0.1, 0.15) is 24.7 Å². The van der Waals surface area contributed by atoms with Crippen molar-refractivity contribution in [2.45, 2.75) is 24.9 Å². The Balaban J connectivity index is 2.03. The molecule has 0 radical (unpaired) electrons. The lowest BCUT2D eigenvalue weighted by atomic mass is 9.16. The minimum Gasteiger partial charge on any atom is -0.204 e. The molecule has 22 heteroatoms. The van der Waals surface area contributed by atoms with Crippen LogP contribution in [0.4, 0.5) is 87.8 Å². The van der Waals surface area contributed by atoms with Gasteiger partial charge < -0.3 is 0 Å². The van der Waals surface area contributed by atoms with Gasteiger partial charge in [0, 0.05) is 16.5 Å². The first kappa shape index (κ1) is 37.9. The van der Waals surface area contributed by atoms with Gasteiger partial charge in [-0.05, 0) is 17.2 Å². The van der Waals surface area contributed by atoms with Gasteiger partial charge in [0.2, 0.25) is 12.5 Å². The van der Waals surface area contributed by atoms with Gasteiger partial charge in [-0.2, -0.15) is 0 Å². The fourth-order valence-electron chi connectivity index (χ4n) is 6.74. The molecule has 0 amide bonds. The molecule has 1 aliphatic heterocycles. The molecule has 0 aliphatic carbocycles. The van der Waals surface area contributed by atoms with Gasteiger partial charge in [0.15, 0.2) is 117 Å². The van der Waals surface area contributed by atoms with E-state index in [0.717, 1.165) is 0 Å². The molecule has 0 unspecified atom stereocenters. The molecule has 270 valence electrons. The van der Waals surface area contributed by atoms with E-state index in [9.17, 15) is 52.7 Å². The second-order valence-corrected chi connectivity index (χ2v) is 11.3. The maximum absolute atomic E-state index is 15.5. The zero-order valence-electron chi connectivity index (χ0n) is 24.2. The Morgan fingerprint density at radius 3 is 0.941 bits per heavy atom. The Labute approximate surface area is 270 Å². The van der Waals surface area contributed by atoms with Crippen LogP contribution in [0.2, 0.25) is 5.72 Å². The van der Waals surface area contributed by atoms with Crippen molar-refractivity contribution in [3.8, 4) is 0 Å². The summed E-state index contributed by atoms with van der Waals surface area (Å²) in [6.07, 6.45) is -1.47. The zero-order chi connectivity index (χ0) is 38.5. The molecule has 0 nitrogen and oxygen atoms in total. The smallest absolute Gasteiger partial charge is 0.204 e. The molecule has 3 atom stereocenters. The van der Waals surface area contributed by atoms with Crippen LogP contribution in [0.15, 0.2) is 0 Å². The van der Waals surface area contributed by atoms with Crippen LogP contribution in [0.3, 0.4) is 0 Å². The standard InChI is InChI=1S/C29H8B2F20/c1-3-2-4(31(8-14(36)22(44)28(50)23(45)15(8)37)9-16(38)24(46)29(51)25(47)17(9)39)30(7-12(34)20(42)27(49)21(43)13(7)35)6(3)5-10(32)18(40)26(48)19(41)11(5)33/h3-4,6H,2H2,1H3/t3-,4-,6-/m1/s1. The van der Waals surface area contributed by atoms with Gasteiger partial charge in [-0.25, -0.2) is 87.8 Å². The third-order valence-electron chi connectivity index (χ3n) is 8.80. The average molecular weight is 758 g/mol. The summed E-state index contributed by atoms with van der Waals surface area (Å²) in [7, 11) is 0. The number of hydrogen-bond donors (Lipinski definition) is 0. The van der Waals surface area contributed by atoms with Crippen LogP contribution < -0.4 is 16.4 Å². The lowest BCUT2D eigenvalue weighted by Crippen LogP contribution is -2.59. The van der Waals surface area contributed by atoms with Gasteiger partial charge in [0.1, 0.15) is 0 Å². The van der Waals surface area contributed by atoms with E-state index < -0.39 is 176 Å². The van der Waals surface area contributed by atoms with E-state index >= 15 is 35.1 Å². The first-order valence-corrected chi connectivity index (χ1v) is 13.7. The normalized spacial score (nSPS) is 17.6. The quantitative estimate of drug-likeness (QED) is 0.0846. The topological polar surface area (TPSA) is 0 Å².